The van der Waals surface area contributed by atoms with E-state index in [1.165, 1.54) is 12.8 Å². The summed E-state index contributed by atoms with van der Waals surface area (Å²) < 4.78 is 5.72. The molecule has 0 bridgehead atoms. The largest absolute Gasteiger partial charge is 0.457 e. The van der Waals surface area contributed by atoms with E-state index in [0.717, 1.165) is 17.2 Å². The fraction of sp³-hybridized carbons (Fsp3) is 0.278. The molecule has 1 atom stereocenters. The number of rotatable bonds is 6. The van der Waals surface area contributed by atoms with Gasteiger partial charge in [0.05, 0.1) is 6.04 Å². The number of nitrogens with one attached hydrogen (secondary N) is 2. The molecule has 1 saturated carbocycles. The first-order valence-corrected chi connectivity index (χ1v) is 7.60. The Labute approximate surface area is 130 Å². The molecule has 1 aliphatic rings. The second kappa shape index (κ2) is 6.62. The summed E-state index contributed by atoms with van der Waals surface area (Å²) in [5, 5.41) is 6.19. The zero-order valence-electron chi connectivity index (χ0n) is 12.6. The molecule has 2 aromatic carbocycles. The molecule has 2 N–H and O–H groups in total. The van der Waals surface area contributed by atoms with E-state index in [4.69, 9.17) is 4.74 Å². The van der Waals surface area contributed by atoms with Crippen LogP contribution in [0.25, 0.3) is 0 Å². The summed E-state index contributed by atoms with van der Waals surface area (Å²) in [4.78, 5) is 12.0. The lowest BCUT2D eigenvalue weighted by molar-refractivity contribution is -0.117. The molecule has 1 unspecified atom stereocenters. The van der Waals surface area contributed by atoms with Gasteiger partial charge < -0.3 is 15.4 Å². The van der Waals surface area contributed by atoms with Gasteiger partial charge in [0, 0.05) is 11.7 Å². The van der Waals surface area contributed by atoms with Crippen molar-refractivity contribution in [3.63, 3.8) is 0 Å². The van der Waals surface area contributed by atoms with Crippen molar-refractivity contribution >= 4 is 11.6 Å². The summed E-state index contributed by atoms with van der Waals surface area (Å²) in [6.07, 6.45) is 2.34. The van der Waals surface area contributed by atoms with Crippen molar-refractivity contribution in [2.45, 2.75) is 31.8 Å². The molecule has 114 valence electrons. The molecule has 1 amide bonds. The van der Waals surface area contributed by atoms with E-state index < -0.39 is 0 Å². The highest BCUT2D eigenvalue weighted by Gasteiger charge is 2.25. The Kier molecular flexibility index (Phi) is 4.39. The molecular formula is C18H20N2O2. The third-order valence-electron chi connectivity index (χ3n) is 3.56. The van der Waals surface area contributed by atoms with E-state index in [-0.39, 0.29) is 11.9 Å². The molecule has 0 radical (unpaired) electrons. The monoisotopic (exact) mass is 296 g/mol. The maximum Gasteiger partial charge on any atom is 0.241 e. The van der Waals surface area contributed by atoms with Crippen LogP contribution in [0.4, 0.5) is 5.69 Å². The number of para-hydroxylation sites is 1. The summed E-state index contributed by atoms with van der Waals surface area (Å²) in [5.41, 5.74) is 0.773. The Morgan fingerprint density at radius 2 is 1.68 bits per heavy atom. The van der Waals surface area contributed by atoms with E-state index in [9.17, 15) is 4.79 Å². The lowest BCUT2D eigenvalue weighted by Crippen LogP contribution is -2.39. The van der Waals surface area contributed by atoms with Crippen LogP contribution >= 0.6 is 0 Å². The van der Waals surface area contributed by atoms with Crippen molar-refractivity contribution < 1.29 is 9.53 Å². The smallest absolute Gasteiger partial charge is 0.241 e. The topological polar surface area (TPSA) is 50.4 Å². The van der Waals surface area contributed by atoms with Crippen LogP contribution < -0.4 is 15.4 Å². The molecule has 4 nitrogen and oxygen atoms in total. The number of hydrogen-bond acceptors (Lipinski definition) is 3. The maximum absolute atomic E-state index is 12.0. The van der Waals surface area contributed by atoms with Crippen LogP contribution in [-0.4, -0.2) is 18.0 Å². The highest BCUT2D eigenvalue weighted by Crippen LogP contribution is 2.23. The van der Waals surface area contributed by atoms with Gasteiger partial charge in [-0.3, -0.25) is 4.79 Å². The number of carbonyl (C=O) groups is 1. The van der Waals surface area contributed by atoms with Crippen LogP contribution in [-0.2, 0) is 4.79 Å². The van der Waals surface area contributed by atoms with Gasteiger partial charge in [-0.15, -0.1) is 0 Å². The van der Waals surface area contributed by atoms with E-state index >= 15 is 0 Å². The molecule has 1 aliphatic carbocycles. The minimum absolute atomic E-state index is 0.0105. The van der Waals surface area contributed by atoms with Gasteiger partial charge in [0.1, 0.15) is 11.5 Å². The highest BCUT2D eigenvalue weighted by atomic mass is 16.5. The van der Waals surface area contributed by atoms with Crippen LogP contribution in [0.2, 0.25) is 0 Å². The standard InChI is InChI=1S/C18H20N2O2/c1-13(19-14-7-8-14)18(21)20-15-9-11-17(12-10-15)22-16-5-3-2-4-6-16/h2-6,9-14,19H,7-8H2,1H3,(H,20,21). The number of amides is 1. The van der Waals surface area contributed by atoms with Crippen molar-refractivity contribution in [2.24, 2.45) is 0 Å². The predicted molar refractivity (Wildman–Crippen MR) is 87.2 cm³/mol. The van der Waals surface area contributed by atoms with Crippen molar-refractivity contribution in [1.29, 1.82) is 0 Å². The van der Waals surface area contributed by atoms with Crippen LogP contribution in [0, 0.1) is 0 Å². The zero-order valence-corrected chi connectivity index (χ0v) is 12.6. The Morgan fingerprint density at radius 3 is 2.32 bits per heavy atom. The molecule has 0 saturated heterocycles. The number of hydrogen-bond donors (Lipinski definition) is 2. The fourth-order valence-corrected chi connectivity index (χ4v) is 2.16. The first kappa shape index (κ1) is 14.6. The maximum atomic E-state index is 12.0. The molecule has 22 heavy (non-hydrogen) atoms. The van der Waals surface area contributed by atoms with Gasteiger partial charge in [-0.2, -0.15) is 0 Å². The van der Waals surface area contributed by atoms with Gasteiger partial charge in [-0.05, 0) is 56.2 Å². The fourth-order valence-electron chi connectivity index (χ4n) is 2.16. The molecular weight excluding hydrogens is 276 g/mol. The number of carbonyl (C=O) groups excluding carboxylic acids is 1. The Hall–Kier alpha value is -2.33. The van der Waals surface area contributed by atoms with E-state index in [2.05, 4.69) is 10.6 Å². The Morgan fingerprint density at radius 1 is 1.05 bits per heavy atom. The van der Waals surface area contributed by atoms with Crippen molar-refractivity contribution in [3.8, 4) is 11.5 Å². The summed E-state index contributed by atoms with van der Waals surface area (Å²) in [6, 6.07) is 17.3. The molecule has 0 spiro atoms. The van der Waals surface area contributed by atoms with E-state index in [1.807, 2.05) is 61.5 Å². The molecule has 3 rings (SSSR count). The lowest BCUT2D eigenvalue weighted by Gasteiger charge is -2.13. The minimum Gasteiger partial charge on any atom is -0.457 e. The second-order valence-corrected chi connectivity index (χ2v) is 5.59. The number of benzene rings is 2. The molecule has 0 aromatic heterocycles. The minimum atomic E-state index is -0.173. The zero-order chi connectivity index (χ0) is 15.4. The molecule has 1 fully saturated rings. The summed E-state index contributed by atoms with van der Waals surface area (Å²) >= 11 is 0. The van der Waals surface area contributed by atoms with Gasteiger partial charge >= 0.3 is 0 Å². The van der Waals surface area contributed by atoms with Crippen LogP contribution in [0.15, 0.2) is 54.6 Å². The first-order chi connectivity index (χ1) is 10.7. The normalized spacial score (nSPS) is 15.1. The average Bonchev–Trinajstić information content (AvgIpc) is 3.34. The highest BCUT2D eigenvalue weighted by molar-refractivity contribution is 5.94. The SMILES string of the molecule is CC(NC1CC1)C(=O)Nc1ccc(Oc2ccccc2)cc1. The van der Waals surface area contributed by atoms with E-state index in [1.54, 1.807) is 0 Å². The van der Waals surface area contributed by atoms with Crippen LogP contribution in [0.5, 0.6) is 11.5 Å². The third-order valence-corrected chi connectivity index (χ3v) is 3.56. The predicted octanol–water partition coefficient (Wildman–Crippen LogP) is 3.56. The van der Waals surface area contributed by atoms with Gasteiger partial charge in [-0.25, -0.2) is 0 Å². The second-order valence-electron chi connectivity index (χ2n) is 5.59. The first-order valence-electron chi connectivity index (χ1n) is 7.60. The van der Waals surface area contributed by atoms with Crippen molar-refractivity contribution in [3.05, 3.63) is 54.6 Å². The lowest BCUT2D eigenvalue weighted by atomic mass is 10.2. The summed E-state index contributed by atoms with van der Waals surface area (Å²) in [6.45, 7) is 1.89. The Balaban J connectivity index is 1.55. The Bertz CT molecular complexity index is 621. The van der Waals surface area contributed by atoms with Crippen LogP contribution in [0.3, 0.4) is 0 Å². The van der Waals surface area contributed by atoms with Gasteiger partial charge in [0.15, 0.2) is 0 Å². The van der Waals surface area contributed by atoms with Gasteiger partial charge in [0.2, 0.25) is 5.91 Å². The molecule has 0 aliphatic heterocycles. The number of anilines is 1. The quantitative estimate of drug-likeness (QED) is 0.857. The van der Waals surface area contributed by atoms with E-state index in [0.29, 0.717) is 6.04 Å². The molecule has 2 aromatic rings. The molecule has 4 heteroatoms. The molecule has 0 heterocycles. The van der Waals surface area contributed by atoms with Gasteiger partial charge in [0.25, 0.3) is 0 Å². The third kappa shape index (κ3) is 4.09. The number of ether oxygens (including phenoxy) is 1. The summed E-state index contributed by atoms with van der Waals surface area (Å²) in [5.74, 6) is 1.53. The van der Waals surface area contributed by atoms with Crippen molar-refractivity contribution in [1.82, 2.24) is 5.32 Å². The van der Waals surface area contributed by atoms with Crippen LogP contribution in [0.1, 0.15) is 19.8 Å². The average molecular weight is 296 g/mol. The van der Waals surface area contributed by atoms with Gasteiger partial charge in [-0.1, -0.05) is 18.2 Å². The van der Waals surface area contributed by atoms with Crippen molar-refractivity contribution in [2.75, 3.05) is 5.32 Å². The summed E-state index contributed by atoms with van der Waals surface area (Å²) in [7, 11) is 0.